The van der Waals surface area contributed by atoms with Gasteiger partial charge in [0.1, 0.15) is 6.54 Å². The minimum Gasteiger partial charge on any atom is -0.358 e. The molecule has 246 valence electrons. The van der Waals surface area contributed by atoms with E-state index in [0.717, 1.165) is 25.9 Å². The molecule has 3 heteroatoms. The Labute approximate surface area is 298 Å². The normalized spacial score (nSPS) is 17.1. The summed E-state index contributed by atoms with van der Waals surface area (Å²) in [5, 5.41) is 5.37. The van der Waals surface area contributed by atoms with Crippen molar-refractivity contribution < 1.29 is 24.4 Å². The molecule has 0 N–H and O–H groups in total. The molecule has 4 aromatic carbocycles. The van der Waals surface area contributed by atoms with Gasteiger partial charge in [-0.25, -0.2) is 0 Å². The number of allylic oxidation sites excluding steroid dienone is 6. The van der Waals surface area contributed by atoms with Crippen LogP contribution in [0.15, 0.2) is 109 Å². The Morgan fingerprint density at radius 3 is 2.06 bits per heavy atom. The summed E-state index contributed by atoms with van der Waals surface area (Å²) in [6.45, 7) is 18.0. The molecule has 0 amide bonds. The summed E-state index contributed by atoms with van der Waals surface area (Å²) in [7, 11) is 0. The quantitative estimate of drug-likeness (QED) is 0.0634. The molecule has 0 atom stereocenters. The van der Waals surface area contributed by atoms with E-state index in [2.05, 4.69) is 154 Å². The van der Waals surface area contributed by atoms with Gasteiger partial charge in [0.25, 0.3) is 0 Å². The van der Waals surface area contributed by atoms with Crippen LogP contribution in [-0.2, 0) is 30.6 Å². The first-order valence-corrected chi connectivity index (χ1v) is 17.1. The molecule has 2 aliphatic heterocycles. The van der Waals surface area contributed by atoms with Crippen LogP contribution in [0.3, 0.4) is 0 Å². The molecular weight excluding hydrogens is 747 g/mol. The number of benzene rings is 4. The van der Waals surface area contributed by atoms with Crippen LogP contribution in [0.4, 0.5) is 11.4 Å². The van der Waals surface area contributed by atoms with E-state index in [1.54, 1.807) is 0 Å². The maximum absolute atomic E-state index is 4.14. The van der Waals surface area contributed by atoms with Crippen molar-refractivity contribution in [1.29, 1.82) is 0 Å². The second-order valence-electron chi connectivity index (χ2n) is 13.9. The molecule has 0 unspecified atom stereocenters. The van der Waals surface area contributed by atoms with E-state index in [9.17, 15) is 0 Å². The van der Waals surface area contributed by atoms with Crippen molar-refractivity contribution in [3.63, 3.8) is 0 Å². The first-order valence-electron chi connectivity index (χ1n) is 17.1. The van der Waals surface area contributed by atoms with Gasteiger partial charge in [0.2, 0.25) is 5.69 Å². The molecule has 6 rings (SSSR count). The second-order valence-corrected chi connectivity index (χ2v) is 13.9. The van der Waals surface area contributed by atoms with E-state index in [-0.39, 0.29) is 38.0 Å². The van der Waals surface area contributed by atoms with Gasteiger partial charge < -0.3 is 19.3 Å². The number of rotatable bonds is 11. The summed E-state index contributed by atoms with van der Waals surface area (Å²) in [6, 6.07) is 26.9. The Balaban J connectivity index is 0.00000250. The summed E-state index contributed by atoms with van der Waals surface area (Å²) in [6.07, 6.45) is 18.5. The van der Waals surface area contributed by atoms with Crippen LogP contribution < -0.4 is 4.90 Å². The van der Waals surface area contributed by atoms with Crippen molar-refractivity contribution in [3.05, 3.63) is 134 Å². The van der Waals surface area contributed by atoms with Crippen molar-refractivity contribution >= 4 is 38.6 Å². The number of fused-ring (bicyclic) bond motifs is 6. The molecule has 0 saturated carbocycles. The summed E-state index contributed by atoms with van der Waals surface area (Å²) < 4.78 is 2.60. The zero-order valence-electron chi connectivity index (χ0n) is 29.4. The molecule has 2 aliphatic rings. The number of anilines is 1. The molecule has 0 aliphatic carbocycles. The summed E-state index contributed by atoms with van der Waals surface area (Å²) in [4.78, 5) is 2.54. The first kappa shape index (κ1) is 36.6. The zero-order valence-corrected chi connectivity index (χ0v) is 32.0. The third-order valence-corrected chi connectivity index (χ3v) is 10.1. The van der Waals surface area contributed by atoms with Crippen LogP contribution in [-0.4, -0.2) is 23.4 Å². The fourth-order valence-electron chi connectivity index (χ4n) is 7.88. The van der Waals surface area contributed by atoms with Crippen LogP contribution >= 0.6 is 0 Å². The van der Waals surface area contributed by atoms with Crippen molar-refractivity contribution in [2.24, 2.45) is 0 Å². The Morgan fingerprint density at radius 2 is 1.38 bits per heavy atom. The SMILES string of the molecule is [CH2-]CCCN1/C(=C/C=C/C=C/C2=[N+](CCCCCC)c3ccc4ccccc4c3C2(C)C)C(C)(C)c2c1ccc1ccccc21.[CH3-].[Os+2]. The molecule has 2 heterocycles. The molecule has 2 nitrogen and oxygen atoms in total. The van der Waals surface area contributed by atoms with Gasteiger partial charge in [0.05, 0.1) is 5.41 Å². The Hall–Kier alpha value is -3.27. The Kier molecular flexibility index (Phi) is 11.9. The van der Waals surface area contributed by atoms with E-state index >= 15 is 0 Å². The predicted molar refractivity (Wildman–Crippen MR) is 203 cm³/mol. The van der Waals surface area contributed by atoms with Crippen LogP contribution in [0, 0.1) is 14.4 Å². The topological polar surface area (TPSA) is 6.25 Å². The van der Waals surface area contributed by atoms with Gasteiger partial charge in [-0.3, -0.25) is 0 Å². The minimum atomic E-state index is -0.0917. The fraction of sp³-hybridized carbons (Fsp3) is 0.341. The smallest absolute Gasteiger partial charge is 0.358 e. The van der Waals surface area contributed by atoms with Crippen LogP contribution in [0.2, 0.25) is 0 Å². The standard InChI is InChI=1S/C43H50N2.CH3.Os/c1-7-9-11-19-31-45-37-29-27-33-21-16-18-23-35(33)41(37)43(5,6)39(45)25-14-12-13-24-38-42(3,4)40-34-22-17-15-20-32(34)26-28-36(40)44(38)30-10-8-2;;/h12-18,20-29H,2,7-11,19,30-31H2,1,3-6H3;1H3;/q;-1;+2. The van der Waals surface area contributed by atoms with Gasteiger partial charge in [-0.1, -0.05) is 113 Å². The van der Waals surface area contributed by atoms with E-state index in [1.807, 2.05) is 0 Å². The first-order chi connectivity index (χ1) is 21.8. The predicted octanol–water partition coefficient (Wildman–Crippen LogP) is 11.8. The van der Waals surface area contributed by atoms with Gasteiger partial charge in [-0.05, 0) is 65.6 Å². The van der Waals surface area contributed by atoms with Gasteiger partial charge in [-0.2, -0.15) is 11.0 Å². The van der Waals surface area contributed by atoms with Crippen LogP contribution in [0.25, 0.3) is 21.5 Å². The summed E-state index contributed by atoms with van der Waals surface area (Å²) in [5.41, 5.74) is 8.19. The second kappa shape index (κ2) is 15.3. The van der Waals surface area contributed by atoms with E-state index in [4.69, 9.17) is 0 Å². The van der Waals surface area contributed by atoms with Crippen molar-refractivity contribution in [2.45, 2.75) is 84.0 Å². The average molecular weight is 800 g/mol. The Morgan fingerprint density at radius 1 is 0.723 bits per heavy atom. The molecule has 4 aromatic rings. The monoisotopic (exact) mass is 801 g/mol. The molecule has 0 radical (unpaired) electrons. The van der Waals surface area contributed by atoms with Gasteiger partial charge >= 0.3 is 19.8 Å². The van der Waals surface area contributed by atoms with E-state index in [0.29, 0.717) is 0 Å². The molecule has 0 bridgehead atoms. The van der Waals surface area contributed by atoms with Gasteiger partial charge in [0.15, 0.2) is 5.71 Å². The third-order valence-electron chi connectivity index (χ3n) is 10.1. The number of unbranched alkanes of at least 4 members (excludes halogenated alkanes) is 4. The zero-order chi connectivity index (χ0) is 31.6. The van der Waals surface area contributed by atoms with E-state index in [1.165, 1.54) is 81.1 Å². The largest absolute Gasteiger partial charge is 2.00 e. The maximum atomic E-state index is 4.14. The number of hydrogen-bond donors (Lipinski definition) is 0. The summed E-state index contributed by atoms with van der Waals surface area (Å²) >= 11 is 0. The van der Waals surface area contributed by atoms with Crippen molar-refractivity contribution in [1.82, 2.24) is 0 Å². The molecular formula is C44H53N2Os+. The van der Waals surface area contributed by atoms with Gasteiger partial charge in [0, 0.05) is 47.5 Å². The molecule has 0 aromatic heterocycles. The van der Waals surface area contributed by atoms with Gasteiger partial charge in [-0.15, -0.1) is 0 Å². The minimum absolute atomic E-state index is 0. The molecule has 0 saturated heterocycles. The molecule has 0 fully saturated rings. The summed E-state index contributed by atoms with van der Waals surface area (Å²) in [5.74, 6) is 0. The molecule has 0 spiro atoms. The number of nitrogens with zero attached hydrogens (tertiary/aromatic N) is 2. The van der Waals surface area contributed by atoms with Crippen molar-refractivity contribution in [2.75, 3.05) is 18.0 Å². The number of hydrogen-bond acceptors (Lipinski definition) is 1. The van der Waals surface area contributed by atoms with E-state index < -0.39 is 0 Å². The van der Waals surface area contributed by atoms with Crippen LogP contribution in [0.1, 0.15) is 84.3 Å². The van der Waals surface area contributed by atoms with Crippen LogP contribution in [0.5, 0.6) is 0 Å². The molecule has 47 heavy (non-hydrogen) atoms. The maximum Gasteiger partial charge on any atom is 2.00 e. The van der Waals surface area contributed by atoms with Crippen molar-refractivity contribution in [3.8, 4) is 0 Å². The Bertz CT molecular complexity index is 1830. The fourth-order valence-corrected chi connectivity index (χ4v) is 7.88. The third kappa shape index (κ3) is 6.72. The average Bonchev–Trinajstić information content (AvgIpc) is 3.40.